The Morgan fingerprint density at radius 2 is 2.11 bits per heavy atom. The highest BCUT2D eigenvalue weighted by Crippen LogP contribution is 2.23. The zero-order chi connectivity index (χ0) is 20.1. The van der Waals surface area contributed by atoms with Gasteiger partial charge in [0.1, 0.15) is 17.4 Å². The van der Waals surface area contributed by atoms with Crippen LogP contribution in [0, 0.1) is 13.8 Å². The number of aromatic nitrogens is 1. The number of furan rings is 1. The van der Waals surface area contributed by atoms with Crippen LogP contribution in [-0.2, 0) is 13.2 Å². The smallest absolute Gasteiger partial charge is 0.290 e. The van der Waals surface area contributed by atoms with Gasteiger partial charge in [-0.05, 0) is 56.5 Å². The molecule has 0 saturated carbocycles. The molecule has 1 atom stereocenters. The molecule has 1 aromatic carbocycles. The Kier molecular flexibility index (Phi) is 6.52. The average Bonchev–Trinajstić information content (AvgIpc) is 3.38. The summed E-state index contributed by atoms with van der Waals surface area (Å²) in [6.07, 6.45) is 2.38. The Hall–Kier alpha value is -2.60. The van der Waals surface area contributed by atoms with E-state index >= 15 is 0 Å². The molecule has 148 valence electrons. The monoisotopic (exact) mass is 398 g/mol. The van der Waals surface area contributed by atoms with Gasteiger partial charge >= 0.3 is 0 Å². The highest BCUT2D eigenvalue weighted by molar-refractivity contribution is 7.09. The summed E-state index contributed by atoms with van der Waals surface area (Å²) in [7, 11) is 0. The zero-order valence-corrected chi connectivity index (χ0v) is 17.6. The van der Waals surface area contributed by atoms with E-state index in [0.717, 1.165) is 28.4 Å². The topological polar surface area (TPSA) is 55.6 Å². The molecule has 2 aromatic heterocycles. The molecule has 0 radical (unpaired) electrons. The summed E-state index contributed by atoms with van der Waals surface area (Å²) in [6.45, 7) is 9.11. The van der Waals surface area contributed by atoms with E-state index in [9.17, 15) is 4.79 Å². The van der Waals surface area contributed by atoms with E-state index in [0.29, 0.717) is 18.9 Å². The van der Waals surface area contributed by atoms with Gasteiger partial charge in [-0.3, -0.25) is 4.79 Å². The molecule has 5 nitrogen and oxygen atoms in total. The minimum Gasteiger partial charge on any atom is -0.486 e. The maximum absolute atomic E-state index is 12.8. The van der Waals surface area contributed by atoms with Crippen molar-refractivity contribution >= 4 is 17.2 Å². The molecular formula is C22H26N2O3S. The predicted molar refractivity (Wildman–Crippen MR) is 111 cm³/mol. The minimum absolute atomic E-state index is 0.0916. The normalized spacial score (nSPS) is 12.0. The Morgan fingerprint density at radius 3 is 2.82 bits per heavy atom. The van der Waals surface area contributed by atoms with Crippen molar-refractivity contribution in [3.63, 3.8) is 0 Å². The first kappa shape index (κ1) is 20.1. The summed E-state index contributed by atoms with van der Waals surface area (Å²) < 4.78 is 11.2. The maximum Gasteiger partial charge on any atom is 0.290 e. The number of hydrogen-bond donors (Lipinski definition) is 0. The second-order valence-electron chi connectivity index (χ2n) is 6.89. The van der Waals surface area contributed by atoms with Crippen molar-refractivity contribution in [2.75, 3.05) is 0 Å². The second-order valence-corrected chi connectivity index (χ2v) is 7.83. The molecule has 2 heterocycles. The van der Waals surface area contributed by atoms with Crippen LogP contribution >= 0.6 is 11.3 Å². The lowest BCUT2D eigenvalue weighted by molar-refractivity contribution is 0.0636. The van der Waals surface area contributed by atoms with Crippen LogP contribution in [-0.4, -0.2) is 21.8 Å². The molecule has 28 heavy (non-hydrogen) atoms. The van der Waals surface area contributed by atoms with Crippen LogP contribution < -0.4 is 4.74 Å². The summed E-state index contributed by atoms with van der Waals surface area (Å²) >= 11 is 1.55. The number of nitrogens with zero attached hydrogens (tertiary/aromatic N) is 2. The lowest BCUT2D eigenvalue weighted by atomic mass is 10.1. The first-order valence-corrected chi connectivity index (χ1v) is 10.3. The Bertz CT molecular complexity index is 918. The van der Waals surface area contributed by atoms with Gasteiger partial charge in [0.05, 0.1) is 18.5 Å². The molecule has 0 bridgehead atoms. The number of ether oxygens (including phenoxy) is 1. The first-order chi connectivity index (χ1) is 13.5. The summed E-state index contributed by atoms with van der Waals surface area (Å²) in [5.74, 6) is 1.13. The van der Waals surface area contributed by atoms with Gasteiger partial charge in [-0.2, -0.15) is 0 Å². The van der Waals surface area contributed by atoms with Crippen molar-refractivity contribution in [2.45, 2.75) is 53.3 Å². The van der Waals surface area contributed by atoms with E-state index in [1.54, 1.807) is 23.5 Å². The highest BCUT2D eigenvalue weighted by atomic mass is 32.1. The van der Waals surface area contributed by atoms with Gasteiger partial charge in [-0.15, -0.1) is 11.3 Å². The van der Waals surface area contributed by atoms with Crippen LogP contribution in [0.25, 0.3) is 0 Å². The van der Waals surface area contributed by atoms with Crippen LogP contribution in [0.4, 0.5) is 0 Å². The molecule has 3 rings (SSSR count). The van der Waals surface area contributed by atoms with Crippen LogP contribution in [0.3, 0.4) is 0 Å². The van der Waals surface area contributed by atoms with Gasteiger partial charge in [0, 0.05) is 11.4 Å². The third-order valence-electron chi connectivity index (χ3n) is 4.95. The lowest BCUT2D eigenvalue weighted by Crippen LogP contribution is -2.37. The third kappa shape index (κ3) is 4.62. The van der Waals surface area contributed by atoms with Crippen molar-refractivity contribution in [1.82, 2.24) is 9.88 Å². The van der Waals surface area contributed by atoms with Gasteiger partial charge in [0.2, 0.25) is 0 Å². The molecule has 0 unspecified atom stereocenters. The van der Waals surface area contributed by atoms with E-state index in [4.69, 9.17) is 9.15 Å². The summed E-state index contributed by atoms with van der Waals surface area (Å²) in [4.78, 5) is 19.3. The molecule has 0 saturated heterocycles. The van der Waals surface area contributed by atoms with Crippen LogP contribution in [0.15, 0.2) is 46.4 Å². The fourth-order valence-corrected chi connectivity index (χ4v) is 3.57. The number of rotatable bonds is 8. The Balaban J connectivity index is 1.67. The van der Waals surface area contributed by atoms with Crippen molar-refractivity contribution in [1.29, 1.82) is 0 Å². The number of benzene rings is 1. The molecule has 0 fully saturated rings. The van der Waals surface area contributed by atoms with Crippen molar-refractivity contribution in [3.8, 4) is 5.75 Å². The SMILES string of the molecule is CC[C@H](C)N(Cc1csc(COc2cccc(C)c2C)n1)C(=O)c1ccco1. The average molecular weight is 399 g/mol. The van der Waals surface area contributed by atoms with Crippen molar-refractivity contribution < 1.29 is 13.9 Å². The Labute approximate surface area is 170 Å². The largest absolute Gasteiger partial charge is 0.486 e. The standard InChI is InChI=1S/C22H26N2O3S/c1-5-16(3)24(22(25)20-10-7-11-26-20)12-18-14-28-21(23-18)13-27-19-9-6-8-15(2)17(19)4/h6-11,14,16H,5,12-13H2,1-4H3/t16-/m0/s1. The van der Waals surface area contributed by atoms with Crippen LogP contribution in [0.2, 0.25) is 0 Å². The number of hydrogen-bond acceptors (Lipinski definition) is 5. The quantitative estimate of drug-likeness (QED) is 0.512. The summed E-state index contributed by atoms with van der Waals surface area (Å²) in [6, 6.07) is 9.56. The molecule has 0 aliphatic heterocycles. The summed E-state index contributed by atoms with van der Waals surface area (Å²) in [5, 5.41) is 2.89. The molecule has 0 spiro atoms. The maximum atomic E-state index is 12.8. The fraction of sp³-hybridized carbons (Fsp3) is 0.364. The van der Waals surface area contributed by atoms with Crippen molar-refractivity contribution in [2.24, 2.45) is 0 Å². The van der Waals surface area contributed by atoms with Crippen LogP contribution in [0.5, 0.6) is 5.75 Å². The number of thiazole rings is 1. The molecule has 6 heteroatoms. The highest BCUT2D eigenvalue weighted by Gasteiger charge is 2.23. The third-order valence-corrected chi connectivity index (χ3v) is 5.82. The second kappa shape index (κ2) is 9.06. The first-order valence-electron chi connectivity index (χ1n) is 9.46. The molecule has 3 aromatic rings. The lowest BCUT2D eigenvalue weighted by Gasteiger charge is -2.27. The zero-order valence-electron chi connectivity index (χ0n) is 16.8. The fourth-order valence-electron chi connectivity index (χ4n) is 2.87. The number of aryl methyl sites for hydroxylation is 1. The number of carbonyl (C=O) groups is 1. The van der Waals surface area contributed by atoms with E-state index in [1.165, 1.54) is 11.8 Å². The van der Waals surface area contributed by atoms with Crippen LogP contribution in [0.1, 0.15) is 52.7 Å². The van der Waals surface area contributed by atoms with E-state index in [-0.39, 0.29) is 11.9 Å². The van der Waals surface area contributed by atoms with E-state index < -0.39 is 0 Å². The number of carbonyl (C=O) groups excluding carboxylic acids is 1. The van der Waals surface area contributed by atoms with Gasteiger partial charge in [-0.1, -0.05) is 19.1 Å². The predicted octanol–water partition coefficient (Wildman–Crippen LogP) is 5.37. The summed E-state index contributed by atoms with van der Waals surface area (Å²) in [5.41, 5.74) is 3.22. The van der Waals surface area contributed by atoms with Gasteiger partial charge in [0.25, 0.3) is 5.91 Å². The molecule has 0 aliphatic carbocycles. The molecule has 0 aliphatic rings. The van der Waals surface area contributed by atoms with E-state index in [1.807, 2.05) is 29.3 Å². The van der Waals surface area contributed by atoms with Gasteiger partial charge < -0.3 is 14.1 Å². The van der Waals surface area contributed by atoms with Crippen molar-refractivity contribution in [3.05, 3.63) is 69.6 Å². The van der Waals surface area contributed by atoms with Gasteiger partial charge in [-0.25, -0.2) is 4.98 Å². The number of amides is 1. The molecule has 0 N–H and O–H groups in total. The van der Waals surface area contributed by atoms with E-state index in [2.05, 4.69) is 31.8 Å². The molecular weight excluding hydrogens is 372 g/mol. The van der Waals surface area contributed by atoms with Gasteiger partial charge in [0.15, 0.2) is 5.76 Å². The minimum atomic E-state index is -0.111. The Morgan fingerprint density at radius 1 is 1.29 bits per heavy atom. The molecule has 1 amide bonds.